The number of alkyl halides is 3. The van der Waals surface area contributed by atoms with E-state index < -0.39 is 28.4 Å². The van der Waals surface area contributed by atoms with Gasteiger partial charge in [-0.05, 0) is 24.6 Å². The van der Waals surface area contributed by atoms with Crippen molar-refractivity contribution in [3.63, 3.8) is 0 Å². The summed E-state index contributed by atoms with van der Waals surface area (Å²) < 4.78 is 67.7. The number of sulfone groups is 1. The van der Waals surface area contributed by atoms with Crippen molar-refractivity contribution >= 4 is 9.84 Å². The Balaban J connectivity index is 2.74. The molecule has 0 N–H and O–H groups in total. The number of hydrogen-bond donors (Lipinski definition) is 0. The molecule has 25 heavy (non-hydrogen) atoms. The fourth-order valence-corrected chi connectivity index (χ4v) is 3.20. The predicted octanol–water partition coefficient (Wildman–Crippen LogP) is 2.71. The van der Waals surface area contributed by atoms with Gasteiger partial charge < -0.3 is 9.30 Å². The molecule has 0 aliphatic heterocycles. The largest absolute Gasteiger partial charge is 0.482 e. The van der Waals surface area contributed by atoms with Gasteiger partial charge in [0.25, 0.3) is 5.56 Å². The van der Waals surface area contributed by atoms with Gasteiger partial charge in [0.05, 0.1) is 0 Å². The highest BCUT2D eigenvalue weighted by molar-refractivity contribution is 7.90. The molecule has 0 amide bonds. The summed E-state index contributed by atoms with van der Waals surface area (Å²) in [6, 6.07) is 5.50. The van der Waals surface area contributed by atoms with Gasteiger partial charge in [0.15, 0.2) is 16.4 Å². The monoisotopic (exact) mass is 375 g/mol. The van der Waals surface area contributed by atoms with E-state index in [9.17, 15) is 26.4 Å². The average molecular weight is 375 g/mol. The van der Waals surface area contributed by atoms with E-state index in [0.29, 0.717) is 5.56 Å². The maximum absolute atomic E-state index is 12.6. The fourth-order valence-electron chi connectivity index (χ4n) is 2.37. The second kappa shape index (κ2) is 6.55. The van der Waals surface area contributed by atoms with Crippen LogP contribution in [0.5, 0.6) is 5.75 Å². The molecule has 0 aliphatic carbocycles. The van der Waals surface area contributed by atoms with E-state index in [2.05, 4.69) is 0 Å². The molecule has 9 heteroatoms. The van der Waals surface area contributed by atoms with Crippen LogP contribution in [0.4, 0.5) is 13.2 Å². The number of halogens is 3. The molecular formula is C16H16F3NO4S. The maximum Gasteiger partial charge on any atom is 0.422 e. The van der Waals surface area contributed by atoms with E-state index in [-0.39, 0.29) is 21.6 Å². The molecule has 1 aromatic carbocycles. The van der Waals surface area contributed by atoms with Crippen molar-refractivity contribution in [2.45, 2.75) is 18.0 Å². The Morgan fingerprint density at radius 1 is 1.16 bits per heavy atom. The van der Waals surface area contributed by atoms with Gasteiger partial charge in [-0.25, -0.2) is 8.42 Å². The van der Waals surface area contributed by atoms with Crippen LogP contribution < -0.4 is 10.3 Å². The maximum atomic E-state index is 12.6. The van der Waals surface area contributed by atoms with Gasteiger partial charge in [-0.2, -0.15) is 13.2 Å². The summed E-state index contributed by atoms with van der Waals surface area (Å²) in [7, 11) is -2.30. The molecule has 0 unspecified atom stereocenters. The average Bonchev–Trinajstić information content (AvgIpc) is 2.49. The predicted molar refractivity (Wildman–Crippen MR) is 86.5 cm³/mol. The normalized spacial score (nSPS) is 12.2. The van der Waals surface area contributed by atoms with Gasteiger partial charge in [-0.3, -0.25) is 4.79 Å². The lowest BCUT2D eigenvalue weighted by atomic mass is 10.0. The molecule has 1 heterocycles. The molecule has 0 aliphatic rings. The molecule has 0 radical (unpaired) electrons. The Bertz CT molecular complexity index is 962. The summed E-state index contributed by atoms with van der Waals surface area (Å²) in [4.78, 5) is 11.7. The summed E-state index contributed by atoms with van der Waals surface area (Å²) in [5.41, 5.74) is 0.352. The van der Waals surface area contributed by atoms with Gasteiger partial charge in [-0.15, -0.1) is 0 Å². The molecule has 1 aromatic heterocycles. The summed E-state index contributed by atoms with van der Waals surface area (Å²) in [5, 5.41) is 0. The van der Waals surface area contributed by atoms with E-state index in [1.807, 2.05) is 0 Å². The number of aromatic nitrogens is 1. The van der Waals surface area contributed by atoms with Crippen molar-refractivity contribution in [3.8, 4) is 16.9 Å². The highest BCUT2D eigenvalue weighted by atomic mass is 32.2. The first-order valence-electron chi connectivity index (χ1n) is 7.11. The SMILES string of the molecule is Cc1c(-c2cccc(S(C)(=O)=O)c2OCC(F)(F)F)ccn(C)c1=O. The topological polar surface area (TPSA) is 65.4 Å². The van der Waals surface area contributed by atoms with Gasteiger partial charge >= 0.3 is 6.18 Å². The summed E-state index contributed by atoms with van der Waals surface area (Å²) >= 11 is 0. The highest BCUT2D eigenvalue weighted by Gasteiger charge is 2.30. The minimum atomic E-state index is -4.64. The van der Waals surface area contributed by atoms with Gasteiger partial charge in [-0.1, -0.05) is 12.1 Å². The number of pyridine rings is 1. The third kappa shape index (κ3) is 4.22. The second-order valence-corrected chi connectivity index (χ2v) is 7.56. The number of rotatable bonds is 4. The summed E-state index contributed by atoms with van der Waals surface area (Å²) in [6.07, 6.45) is -2.31. The Hall–Kier alpha value is -2.29. The Morgan fingerprint density at radius 3 is 2.36 bits per heavy atom. The van der Waals surface area contributed by atoms with E-state index in [1.54, 1.807) is 0 Å². The zero-order valence-corrected chi connectivity index (χ0v) is 14.5. The van der Waals surface area contributed by atoms with Crippen LogP contribution in [-0.2, 0) is 16.9 Å². The van der Waals surface area contributed by atoms with Crippen LogP contribution in [0.15, 0.2) is 40.2 Å². The lowest BCUT2D eigenvalue weighted by molar-refractivity contribution is -0.153. The lowest BCUT2D eigenvalue weighted by Gasteiger charge is -2.17. The van der Waals surface area contributed by atoms with E-state index in [1.165, 1.54) is 49.0 Å². The Kier molecular flexibility index (Phi) is 4.99. The van der Waals surface area contributed by atoms with Crippen molar-refractivity contribution in [1.29, 1.82) is 0 Å². The molecule has 136 valence electrons. The van der Waals surface area contributed by atoms with Crippen LogP contribution in [-0.4, -0.2) is 32.0 Å². The number of benzene rings is 1. The lowest BCUT2D eigenvalue weighted by Crippen LogP contribution is -2.21. The van der Waals surface area contributed by atoms with Crippen molar-refractivity contribution in [3.05, 3.63) is 46.4 Å². The number of para-hydroxylation sites is 1. The molecule has 0 atom stereocenters. The summed E-state index contributed by atoms with van der Waals surface area (Å²) in [6.45, 7) is -0.130. The third-order valence-corrected chi connectivity index (χ3v) is 4.68. The molecular weight excluding hydrogens is 359 g/mol. The molecule has 2 aromatic rings. The van der Waals surface area contributed by atoms with Crippen LogP contribution in [0.2, 0.25) is 0 Å². The fraction of sp³-hybridized carbons (Fsp3) is 0.312. The zero-order valence-electron chi connectivity index (χ0n) is 13.7. The van der Waals surface area contributed by atoms with Crippen LogP contribution in [0.25, 0.3) is 11.1 Å². The zero-order chi connectivity index (χ0) is 19.0. The third-order valence-electron chi connectivity index (χ3n) is 3.56. The van der Waals surface area contributed by atoms with Crippen molar-refractivity contribution in [2.24, 2.45) is 7.05 Å². The van der Waals surface area contributed by atoms with E-state index in [4.69, 9.17) is 4.74 Å². The minimum absolute atomic E-state index is 0.113. The van der Waals surface area contributed by atoms with E-state index >= 15 is 0 Å². The van der Waals surface area contributed by atoms with Gasteiger partial charge in [0.2, 0.25) is 0 Å². The number of hydrogen-bond acceptors (Lipinski definition) is 4. The molecule has 0 spiro atoms. The first-order chi connectivity index (χ1) is 11.4. The molecule has 0 saturated heterocycles. The second-order valence-electron chi connectivity index (χ2n) is 5.58. The Morgan fingerprint density at radius 2 is 1.80 bits per heavy atom. The molecule has 0 fully saturated rings. The van der Waals surface area contributed by atoms with Crippen LogP contribution in [0, 0.1) is 6.92 Å². The van der Waals surface area contributed by atoms with Crippen LogP contribution >= 0.6 is 0 Å². The molecule has 5 nitrogen and oxygen atoms in total. The number of ether oxygens (including phenoxy) is 1. The Labute approximate surface area is 142 Å². The molecule has 0 bridgehead atoms. The standard InChI is InChI=1S/C16H16F3NO4S/c1-10-11(7-8-20(2)15(10)21)12-5-4-6-13(25(3,22)23)14(12)24-9-16(17,18)19/h4-8H,9H2,1-3H3. The van der Waals surface area contributed by atoms with Crippen molar-refractivity contribution in [1.82, 2.24) is 4.57 Å². The smallest absolute Gasteiger partial charge is 0.422 e. The van der Waals surface area contributed by atoms with Crippen LogP contribution in [0.3, 0.4) is 0 Å². The first kappa shape index (κ1) is 19.0. The van der Waals surface area contributed by atoms with Crippen molar-refractivity contribution in [2.75, 3.05) is 12.9 Å². The number of nitrogens with zero attached hydrogens (tertiary/aromatic N) is 1. The molecule has 0 saturated carbocycles. The summed E-state index contributed by atoms with van der Waals surface area (Å²) in [5.74, 6) is -0.418. The van der Waals surface area contributed by atoms with Gasteiger partial charge in [0.1, 0.15) is 10.6 Å². The number of aryl methyl sites for hydroxylation is 1. The van der Waals surface area contributed by atoms with E-state index in [0.717, 1.165) is 6.26 Å². The molecule has 2 rings (SSSR count). The van der Waals surface area contributed by atoms with Crippen LogP contribution in [0.1, 0.15) is 5.56 Å². The quantitative estimate of drug-likeness (QED) is 0.824. The van der Waals surface area contributed by atoms with Crippen molar-refractivity contribution < 1.29 is 26.3 Å². The highest BCUT2D eigenvalue weighted by Crippen LogP contribution is 2.37. The van der Waals surface area contributed by atoms with Gasteiger partial charge in [0, 0.05) is 30.6 Å². The first-order valence-corrected chi connectivity index (χ1v) is 9.00. The minimum Gasteiger partial charge on any atom is -0.482 e.